The highest BCUT2D eigenvalue weighted by Gasteiger charge is 2.85. The van der Waals surface area contributed by atoms with Crippen LogP contribution in [0.2, 0.25) is 0 Å². The van der Waals surface area contributed by atoms with Crippen molar-refractivity contribution < 1.29 is 89.6 Å². The minimum absolute atomic E-state index is 0.0803. The molecule has 0 saturated carbocycles. The van der Waals surface area contributed by atoms with Crippen molar-refractivity contribution in [3.63, 3.8) is 0 Å². The highest BCUT2D eigenvalue weighted by molar-refractivity contribution is 5.77. The summed E-state index contributed by atoms with van der Waals surface area (Å²) in [4.78, 5) is 12.8. The Kier molecular flexibility index (Phi) is 11.5. The lowest BCUT2D eigenvalue weighted by Gasteiger charge is -2.45. The maximum atomic E-state index is 13.7. The Morgan fingerprint density at radius 1 is 0.595 bits per heavy atom. The van der Waals surface area contributed by atoms with Crippen LogP contribution in [-0.4, -0.2) is 55.4 Å². The molecule has 0 rings (SSSR count). The summed E-state index contributed by atoms with van der Waals surface area (Å²) in [5.41, 5.74) is -2.89. The molecule has 0 bridgehead atoms. The minimum atomic E-state index is -7.96. The van der Waals surface area contributed by atoms with Gasteiger partial charge in [0.2, 0.25) is 6.79 Å². The topological polar surface area (TPSA) is 54.0 Å². The van der Waals surface area contributed by atoms with Crippen LogP contribution in [0.4, 0.5) is 65.9 Å². The Morgan fingerprint density at radius 2 is 1.02 bits per heavy atom. The first-order valence-electron chi connectivity index (χ1n) is 11.7. The minimum Gasteiger partial charge on any atom is -0.438 e. The third-order valence-corrected chi connectivity index (χ3v) is 6.99. The summed E-state index contributed by atoms with van der Waals surface area (Å²) >= 11 is 0. The van der Waals surface area contributed by atoms with E-state index in [9.17, 15) is 70.7 Å². The smallest absolute Gasteiger partial charge is 0.438 e. The zero-order valence-corrected chi connectivity index (χ0v) is 23.0. The number of ether oxygens (including phenoxy) is 4. The highest BCUT2D eigenvalue weighted by atomic mass is 19.4. The molecule has 252 valence electrons. The first kappa shape index (κ1) is 40.3. The van der Waals surface area contributed by atoms with Gasteiger partial charge in [-0.05, 0) is 30.6 Å². The molecule has 1 unspecified atom stereocenters. The van der Waals surface area contributed by atoms with Gasteiger partial charge in [0.1, 0.15) is 0 Å². The molecule has 0 spiro atoms. The monoisotopic (exact) mass is 658 g/mol. The summed E-state index contributed by atoms with van der Waals surface area (Å²) in [5, 5.41) is 0. The molecule has 0 amide bonds. The molecule has 0 fully saturated rings. The van der Waals surface area contributed by atoms with Crippen LogP contribution in [0.5, 0.6) is 0 Å². The fourth-order valence-corrected chi connectivity index (χ4v) is 3.25. The van der Waals surface area contributed by atoms with Crippen LogP contribution in [0, 0.1) is 16.2 Å². The largest absolute Gasteiger partial charge is 0.493 e. The van der Waals surface area contributed by atoms with Gasteiger partial charge in [0.25, 0.3) is 0 Å². The number of hydrogen-bond donors (Lipinski definition) is 0. The van der Waals surface area contributed by atoms with Crippen molar-refractivity contribution in [1.82, 2.24) is 0 Å². The van der Waals surface area contributed by atoms with E-state index in [1.807, 2.05) is 0 Å². The van der Waals surface area contributed by atoms with Crippen LogP contribution < -0.4 is 0 Å². The normalized spacial score (nSPS) is 16.8. The van der Waals surface area contributed by atoms with Gasteiger partial charge in [0.05, 0.1) is 5.41 Å². The third-order valence-electron chi connectivity index (χ3n) is 6.99. The SMILES string of the molecule is CCC(C)(C)CC(C)(C(=O)OCOC(F)(F)OC(F)(F)C(F)(F)OC(F)(F)C(F)(F)C(F)(F)C(F)(F)F)C(C)(C)CC. The zero-order valence-electron chi connectivity index (χ0n) is 23.0. The molecule has 0 aliphatic heterocycles. The Hall–Kier alpha value is -1.70. The van der Waals surface area contributed by atoms with E-state index in [0.717, 1.165) is 0 Å². The summed E-state index contributed by atoms with van der Waals surface area (Å²) in [5.74, 6) is -17.0. The summed E-state index contributed by atoms with van der Waals surface area (Å²) in [6.45, 7) is 9.52. The molecule has 20 heteroatoms. The van der Waals surface area contributed by atoms with Crippen LogP contribution in [0.3, 0.4) is 0 Å². The molecule has 0 aromatic rings. The predicted molar refractivity (Wildman–Crippen MR) is 111 cm³/mol. The van der Waals surface area contributed by atoms with Crippen LogP contribution in [0.25, 0.3) is 0 Å². The lowest BCUT2D eigenvalue weighted by molar-refractivity contribution is -0.564. The van der Waals surface area contributed by atoms with Crippen LogP contribution >= 0.6 is 0 Å². The van der Waals surface area contributed by atoms with E-state index in [0.29, 0.717) is 12.8 Å². The van der Waals surface area contributed by atoms with Gasteiger partial charge in [-0.2, -0.15) is 57.1 Å². The van der Waals surface area contributed by atoms with E-state index < -0.39 is 71.6 Å². The molecule has 1 atom stereocenters. The second-order valence-electron chi connectivity index (χ2n) is 10.8. The molecule has 0 aromatic heterocycles. The van der Waals surface area contributed by atoms with E-state index in [-0.39, 0.29) is 6.42 Å². The number of hydrogen-bond acceptors (Lipinski definition) is 5. The Balaban J connectivity index is 5.82. The molecule has 0 aliphatic rings. The van der Waals surface area contributed by atoms with Crippen molar-refractivity contribution in [3.8, 4) is 0 Å². The van der Waals surface area contributed by atoms with E-state index in [1.165, 1.54) is 11.7 Å². The van der Waals surface area contributed by atoms with Crippen LogP contribution in [0.1, 0.15) is 67.7 Å². The fraction of sp³-hybridized carbons (Fsp3) is 0.955. The molecular formula is C22H29F15O5. The first-order chi connectivity index (χ1) is 18.1. The molecule has 0 N–H and O–H groups in total. The molecule has 0 heterocycles. The summed E-state index contributed by atoms with van der Waals surface area (Å²) in [6, 6.07) is 0. The number of rotatable bonds is 16. The fourth-order valence-electron chi connectivity index (χ4n) is 3.25. The van der Waals surface area contributed by atoms with Gasteiger partial charge in [-0.25, -0.2) is 9.47 Å². The van der Waals surface area contributed by atoms with Crippen molar-refractivity contribution in [3.05, 3.63) is 0 Å². The van der Waals surface area contributed by atoms with Gasteiger partial charge in [-0.15, -0.1) is 8.78 Å². The van der Waals surface area contributed by atoms with Gasteiger partial charge >= 0.3 is 48.6 Å². The summed E-state index contributed by atoms with van der Waals surface area (Å²) in [6.07, 6.45) is -35.0. The lowest BCUT2D eigenvalue weighted by Crippen LogP contribution is -2.64. The average Bonchev–Trinajstić information content (AvgIpc) is 2.75. The van der Waals surface area contributed by atoms with Crippen molar-refractivity contribution in [2.24, 2.45) is 16.2 Å². The summed E-state index contributed by atoms with van der Waals surface area (Å²) < 4.78 is 208. The number of esters is 1. The zero-order chi connectivity index (χ0) is 34.2. The second-order valence-corrected chi connectivity index (χ2v) is 10.8. The van der Waals surface area contributed by atoms with Gasteiger partial charge in [-0.3, -0.25) is 9.53 Å². The van der Waals surface area contributed by atoms with Crippen LogP contribution in [0.15, 0.2) is 0 Å². The maximum Gasteiger partial charge on any atom is 0.493 e. The number of halogens is 15. The molecule has 0 radical (unpaired) electrons. The van der Waals surface area contributed by atoms with E-state index in [2.05, 4.69) is 14.2 Å². The van der Waals surface area contributed by atoms with Gasteiger partial charge in [-0.1, -0.05) is 48.0 Å². The summed E-state index contributed by atoms with van der Waals surface area (Å²) in [7, 11) is 0. The number of carbonyl (C=O) groups excluding carboxylic acids is 1. The van der Waals surface area contributed by atoms with Gasteiger partial charge in [0, 0.05) is 0 Å². The maximum absolute atomic E-state index is 13.7. The highest BCUT2D eigenvalue weighted by Crippen LogP contribution is 2.56. The van der Waals surface area contributed by atoms with Gasteiger partial charge < -0.3 is 4.74 Å². The standard InChI is InChI=1S/C22H29F15O5/c1-8-13(3,4)10-15(7,14(5,6)9-2)12(38)39-11-40-22(36,37)42-21(34,35)20(32,33)41-19(30,31)17(25,26)16(23,24)18(27,28)29/h8-11H2,1-7H3. The average molecular weight is 658 g/mol. The Labute approximate surface area is 230 Å². The van der Waals surface area contributed by atoms with E-state index >= 15 is 0 Å². The third kappa shape index (κ3) is 8.26. The molecule has 0 aromatic carbocycles. The van der Waals surface area contributed by atoms with Crippen molar-refractivity contribution in [2.45, 2.75) is 110 Å². The first-order valence-corrected chi connectivity index (χ1v) is 11.7. The Morgan fingerprint density at radius 3 is 1.40 bits per heavy atom. The van der Waals surface area contributed by atoms with Crippen molar-refractivity contribution >= 4 is 5.97 Å². The Bertz CT molecular complexity index is 932. The predicted octanol–water partition coefficient (Wildman–Crippen LogP) is 8.97. The van der Waals surface area contributed by atoms with Crippen molar-refractivity contribution in [1.29, 1.82) is 0 Å². The van der Waals surface area contributed by atoms with Crippen molar-refractivity contribution in [2.75, 3.05) is 6.79 Å². The quantitative estimate of drug-likeness (QED) is 0.0942. The van der Waals surface area contributed by atoms with E-state index in [1.54, 1.807) is 41.5 Å². The molecule has 0 saturated heterocycles. The second kappa shape index (κ2) is 12.0. The molecule has 42 heavy (non-hydrogen) atoms. The molecule has 0 aliphatic carbocycles. The molecular weight excluding hydrogens is 629 g/mol. The number of carbonyl (C=O) groups is 1. The van der Waals surface area contributed by atoms with Gasteiger partial charge in [0.15, 0.2) is 0 Å². The lowest BCUT2D eigenvalue weighted by atomic mass is 9.58. The number of alkyl halides is 15. The molecule has 5 nitrogen and oxygen atoms in total. The van der Waals surface area contributed by atoms with E-state index in [4.69, 9.17) is 0 Å². The van der Waals surface area contributed by atoms with Crippen LogP contribution in [-0.2, 0) is 23.7 Å².